The van der Waals surface area contributed by atoms with Gasteiger partial charge in [0, 0.05) is 12.5 Å². The molecule has 0 saturated carbocycles. The Kier molecular flexibility index (Phi) is 5.40. The van der Waals surface area contributed by atoms with Crippen LogP contribution in [0.2, 0.25) is 0 Å². The predicted octanol–water partition coefficient (Wildman–Crippen LogP) is 2.22. The van der Waals surface area contributed by atoms with E-state index in [0.29, 0.717) is 12.5 Å². The summed E-state index contributed by atoms with van der Waals surface area (Å²) in [6.45, 7) is 2.18. The molecule has 0 aliphatic carbocycles. The first kappa shape index (κ1) is 14.1. The number of rotatable bonds is 5. The van der Waals surface area contributed by atoms with Crippen LogP contribution in [-0.2, 0) is 11.2 Å². The molecule has 0 aromatic heterocycles. The zero-order chi connectivity index (χ0) is 13.5. The monoisotopic (exact) mass is 260 g/mol. The number of hydrogen-bond acceptors (Lipinski definition) is 2. The Labute approximate surface area is 116 Å². The van der Waals surface area contributed by atoms with E-state index < -0.39 is 0 Å². The van der Waals surface area contributed by atoms with Gasteiger partial charge in [0.1, 0.15) is 0 Å². The van der Waals surface area contributed by atoms with E-state index in [1.54, 1.807) is 0 Å². The Morgan fingerprint density at radius 3 is 2.63 bits per heavy atom. The van der Waals surface area contributed by atoms with Gasteiger partial charge in [-0.15, -0.1) is 0 Å². The first-order valence-electron chi connectivity index (χ1n) is 7.26. The fourth-order valence-electron chi connectivity index (χ4n) is 2.55. The standard InChI is InChI=1S/C16H24N2O/c1-18-12-10-15(11-13-18)17-16(19)9-5-8-14-6-3-2-4-7-14/h2-4,6-7,15H,5,8-13H2,1H3,(H,17,19). The van der Waals surface area contributed by atoms with Crippen molar-refractivity contribution in [2.24, 2.45) is 0 Å². The van der Waals surface area contributed by atoms with Gasteiger partial charge in [-0.1, -0.05) is 30.3 Å². The highest BCUT2D eigenvalue weighted by atomic mass is 16.1. The summed E-state index contributed by atoms with van der Waals surface area (Å²) < 4.78 is 0. The van der Waals surface area contributed by atoms with Crippen molar-refractivity contribution in [2.75, 3.05) is 20.1 Å². The number of amides is 1. The molecule has 1 N–H and O–H groups in total. The largest absolute Gasteiger partial charge is 0.353 e. The normalized spacial score (nSPS) is 17.3. The van der Waals surface area contributed by atoms with Crippen molar-refractivity contribution in [3.05, 3.63) is 35.9 Å². The van der Waals surface area contributed by atoms with Crippen molar-refractivity contribution in [1.82, 2.24) is 10.2 Å². The molecule has 2 rings (SSSR count). The summed E-state index contributed by atoms with van der Waals surface area (Å²) in [4.78, 5) is 14.2. The second-order valence-corrected chi connectivity index (χ2v) is 5.48. The summed E-state index contributed by atoms with van der Waals surface area (Å²) in [7, 11) is 2.14. The molecule has 0 unspecified atom stereocenters. The van der Waals surface area contributed by atoms with Crippen LogP contribution in [0, 0.1) is 0 Å². The highest BCUT2D eigenvalue weighted by Gasteiger charge is 2.17. The summed E-state index contributed by atoms with van der Waals surface area (Å²) in [6, 6.07) is 10.8. The molecule has 0 atom stereocenters. The van der Waals surface area contributed by atoms with Gasteiger partial charge in [-0.25, -0.2) is 0 Å². The SMILES string of the molecule is CN1CCC(NC(=O)CCCc2ccccc2)CC1. The number of hydrogen-bond donors (Lipinski definition) is 1. The van der Waals surface area contributed by atoms with Crippen LogP contribution in [0.15, 0.2) is 30.3 Å². The van der Waals surface area contributed by atoms with Gasteiger partial charge in [-0.2, -0.15) is 0 Å². The molecule has 1 aliphatic heterocycles. The van der Waals surface area contributed by atoms with Crippen LogP contribution in [0.4, 0.5) is 0 Å². The molecule has 104 valence electrons. The molecule has 0 bridgehead atoms. The van der Waals surface area contributed by atoms with Gasteiger partial charge in [-0.3, -0.25) is 4.79 Å². The lowest BCUT2D eigenvalue weighted by Crippen LogP contribution is -2.43. The van der Waals surface area contributed by atoms with Crippen LogP contribution < -0.4 is 5.32 Å². The molecule has 1 aromatic carbocycles. The number of carbonyl (C=O) groups excluding carboxylic acids is 1. The predicted molar refractivity (Wildman–Crippen MR) is 78.0 cm³/mol. The Hall–Kier alpha value is -1.35. The van der Waals surface area contributed by atoms with Crippen molar-refractivity contribution in [2.45, 2.75) is 38.1 Å². The van der Waals surface area contributed by atoms with E-state index in [9.17, 15) is 4.79 Å². The van der Waals surface area contributed by atoms with E-state index in [-0.39, 0.29) is 5.91 Å². The molecule has 1 amide bonds. The van der Waals surface area contributed by atoms with Gasteiger partial charge in [0.05, 0.1) is 0 Å². The smallest absolute Gasteiger partial charge is 0.220 e. The minimum atomic E-state index is 0.213. The number of carbonyl (C=O) groups is 1. The lowest BCUT2D eigenvalue weighted by atomic mass is 10.0. The van der Waals surface area contributed by atoms with Crippen molar-refractivity contribution < 1.29 is 4.79 Å². The molecule has 3 heteroatoms. The maximum Gasteiger partial charge on any atom is 0.220 e. The number of likely N-dealkylation sites (tertiary alicyclic amines) is 1. The molecular formula is C16H24N2O. The van der Waals surface area contributed by atoms with Crippen LogP contribution in [0.1, 0.15) is 31.2 Å². The number of piperidine rings is 1. The van der Waals surface area contributed by atoms with Crippen LogP contribution >= 0.6 is 0 Å². The van der Waals surface area contributed by atoms with Crippen LogP contribution in [0.3, 0.4) is 0 Å². The number of nitrogens with one attached hydrogen (secondary N) is 1. The van der Waals surface area contributed by atoms with Crippen LogP contribution in [-0.4, -0.2) is 37.0 Å². The molecule has 0 spiro atoms. The Bertz CT molecular complexity index is 383. The first-order chi connectivity index (χ1) is 9.24. The molecule has 0 radical (unpaired) electrons. The van der Waals surface area contributed by atoms with Crippen molar-refractivity contribution in [3.63, 3.8) is 0 Å². The summed E-state index contributed by atoms with van der Waals surface area (Å²) in [6.07, 6.45) is 4.73. The summed E-state index contributed by atoms with van der Waals surface area (Å²) in [5.74, 6) is 0.213. The Morgan fingerprint density at radius 1 is 1.26 bits per heavy atom. The van der Waals surface area contributed by atoms with Gasteiger partial charge in [0.2, 0.25) is 5.91 Å². The van der Waals surface area contributed by atoms with Crippen LogP contribution in [0.25, 0.3) is 0 Å². The second kappa shape index (κ2) is 7.29. The summed E-state index contributed by atoms with van der Waals surface area (Å²) in [5, 5.41) is 3.16. The maximum atomic E-state index is 11.9. The maximum absolute atomic E-state index is 11.9. The third kappa shape index (κ3) is 5.03. The van der Waals surface area contributed by atoms with Crippen molar-refractivity contribution in [3.8, 4) is 0 Å². The number of aryl methyl sites for hydroxylation is 1. The third-order valence-electron chi connectivity index (χ3n) is 3.80. The van der Waals surface area contributed by atoms with Crippen LogP contribution in [0.5, 0.6) is 0 Å². The molecule has 1 aromatic rings. The van der Waals surface area contributed by atoms with E-state index in [0.717, 1.165) is 38.8 Å². The Balaban J connectivity index is 1.62. The zero-order valence-electron chi connectivity index (χ0n) is 11.8. The Morgan fingerprint density at radius 2 is 1.95 bits per heavy atom. The van der Waals surface area contributed by atoms with Gasteiger partial charge < -0.3 is 10.2 Å². The van der Waals surface area contributed by atoms with Crippen molar-refractivity contribution >= 4 is 5.91 Å². The topological polar surface area (TPSA) is 32.3 Å². The minimum absolute atomic E-state index is 0.213. The fourth-order valence-corrected chi connectivity index (χ4v) is 2.55. The molecule has 1 fully saturated rings. The molecule has 1 heterocycles. The molecule has 1 saturated heterocycles. The minimum Gasteiger partial charge on any atom is -0.353 e. The van der Waals surface area contributed by atoms with Gasteiger partial charge in [0.15, 0.2) is 0 Å². The van der Waals surface area contributed by atoms with Crippen molar-refractivity contribution in [1.29, 1.82) is 0 Å². The zero-order valence-corrected chi connectivity index (χ0v) is 11.8. The van der Waals surface area contributed by atoms with Gasteiger partial charge in [-0.05, 0) is 51.4 Å². The van der Waals surface area contributed by atoms with E-state index in [1.807, 2.05) is 18.2 Å². The number of benzene rings is 1. The summed E-state index contributed by atoms with van der Waals surface area (Å²) >= 11 is 0. The first-order valence-corrected chi connectivity index (χ1v) is 7.26. The van der Waals surface area contributed by atoms with E-state index in [4.69, 9.17) is 0 Å². The molecular weight excluding hydrogens is 236 g/mol. The lowest BCUT2D eigenvalue weighted by Gasteiger charge is -2.29. The molecule has 1 aliphatic rings. The van der Waals surface area contributed by atoms with E-state index in [2.05, 4.69) is 29.4 Å². The lowest BCUT2D eigenvalue weighted by molar-refractivity contribution is -0.122. The number of nitrogens with zero attached hydrogens (tertiary/aromatic N) is 1. The highest BCUT2D eigenvalue weighted by molar-refractivity contribution is 5.76. The molecule has 19 heavy (non-hydrogen) atoms. The molecule has 3 nitrogen and oxygen atoms in total. The average Bonchev–Trinajstić information content (AvgIpc) is 2.43. The second-order valence-electron chi connectivity index (χ2n) is 5.48. The highest BCUT2D eigenvalue weighted by Crippen LogP contribution is 2.09. The van der Waals surface area contributed by atoms with E-state index in [1.165, 1.54) is 5.56 Å². The van der Waals surface area contributed by atoms with Gasteiger partial charge >= 0.3 is 0 Å². The third-order valence-corrected chi connectivity index (χ3v) is 3.80. The summed E-state index contributed by atoms with van der Waals surface area (Å²) in [5.41, 5.74) is 1.31. The van der Waals surface area contributed by atoms with E-state index >= 15 is 0 Å². The fraction of sp³-hybridized carbons (Fsp3) is 0.562. The van der Waals surface area contributed by atoms with Gasteiger partial charge in [0.25, 0.3) is 0 Å². The average molecular weight is 260 g/mol. The quantitative estimate of drug-likeness (QED) is 0.880.